The summed E-state index contributed by atoms with van der Waals surface area (Å²) in [6.45, 7) is 0. The molecule has 0 aromatic rings. The maximum Gasteiger partial charge on any atom is 2.00 e. The molecular weight excluding hydrogens is 302 g/mol. The first-order valence-electron chi connectivity index (χ1n) is 6.27. The van der Waals surface area contributed by atoms with Crippen LogP contribution in [-0.4, -0.2) is 33.2 Å². The molecule has 6 nitrogen and oxygen atoms in total. The minimum absolute atomic E-state index is 0. The van der Waals surface area contributed by atoms with Crippen LogP contribution in [-0.2, 0) is 29.1 Å². The van der Waals surface area contributed by atoms with Gasteiger partial charge >= 0.3 is 19.5 Å². The third-order valence-electron chi connectivity index (χ3n) is 3.73. The van der Waals surface area contributed by atoms with Crippen molar-refractivity contribution in [3.63, 3.8) is 0 Å². The molecule has 19 heavy (non-hydrogen) atoms. The van der Waals surface area contributed by atoms with Gasteiger partial charge in [0, 0.05) is 0 Å². The molecule has 2 saturated carbocycles. The fourth-order valence-electron chi connectivity index (χ4n) is 2.38. The average Bonchev–Trinajstić information content (AvgIpc) is 2.90. The summed E-state index contributed by atoms with van der Waals surface area (Å²) in [6, 6.07) is 0. The molecule has 0 heterocycles. The van der Waals surface area contributed by atoms with Crippen LogP contribution in [0.1, 0.15) is 51.4 Å². The van der Waals surface area contributed by atoms with E-state index in [0.717, 1.165) is 25.7 Å². The first-order chi connectivity index (χ1) is 8.30. The van der Waals surface area contributed by atoms with Crippen LogP contribution in [0.5, 0.6) is 0 Å². The Labute approximate surface area is 125 Å². The summed E-state index contributed by atoms with van der Waals surface area (Å²) in [5.74, 6) is -1.92. The van der Waals surface area contributed by atoms with Crippen molar-refractivity contribution in [2.75, 3.05) is 0 Å². The molecule has 0 radical (unpaired) electrons. The Morgan fingerprint density at radius 2 is 0.947 bits per heavy atom. The molecule has 0 aromatic heterocycles. The molecule has 0 amide bonds. The van der Waals surface area contributed by atoms with Crippen LogP contribution in [0.2, 0.25) is 0 Å². The first kappa shape index (κ1) is 18.5. The van der Waals surface area contributed by atoms with Crippen LogP contribution in [0, 0.1) is 0 Å². The molecule has 0 bridgehead atoms. The van der Waals surface area contributed by atoms with Crippen LogP contribution in [0.4, 0.5) is 0 Å². The van der Waals surface area contributed by atoms with E-state index in [9.17, 15) is 9.59 Å². The zero-order valence-corrected chi connectivity index (χ0v) is 14.0. The van der Waals surface area contributed by atoms with Crippen molar-refractivity contribution in [1.29, 1.82) is 0 Å². The van der Waals surface area contributed by atoms with Gasteiger partial charge in [0.1, 0.15) is 0 Å². The number of hydrogen-bond acceptors (Lipinski definition) is 2. The second-order valence-electron chi connectivity index (χ2n) is 5.19. The van der Waals surface area contributed by atoms with Gasteiger partial charge in [0.25, 0.3) is 11.9 Å². The van der Waals surface area contributed by atoms with Crippen LogP contribution >= 0.6 is 0 Å². The van der Waals surface area contributed by atoms with Crippen LogP contribution in [0.25, 0.3) is 11.5 Å². The second kappa shape index (κ2) is 7.31. The molecule has 7 heteroatoms. The molecule has 4 N–H and O–H groups in total. The van der Waals surface area contributed by atoms with Gasteiger partial charge in [0.2, 0.25) is 0 Å². The van der Waals surface area contributed by atoms with E-state index in [1.54, 1.807) is 0 Å². The largest absolute Gasteiger partial charge is 2.00 e. The average molecular weight is 322 g/mol. The van der Waals surface area contributed by atoms with Crippen molar-refractivity contribution in [2.24, 2.45) is 0 Å². The monoisotopic (exact) mass is 320 g/mol. The Bertz CT molecular complexity index is 292. The molecule has 2 aliphatic rings. The molecule has 0 aromatic carbocycles. The van der Waals surface area contributed by atoms with Crippen molar-refractivity contribution in [2.45, 2.75) is 62.4 Å². The van der Waals surface area contributed by atoms with Gasteiger partial charge in [-0.2, -0.15) is 0 Å². The van der Waals surface area contributed by atoms with E-state index in [1.165, 1.54) is 0 Å². The summed E-state index contributed by atoms with van der Waals surface area (Å²) in [5, 5.41) is 17.0. The van der Waals surface area contributed by atoms with E-state index < -0.39 is 23.0 Å². The van der Waals surface area contributed by atoms with Gasteiger partial charge in [0.15, 0.2) is 0 Å². The van der Waals surface area contributed by atoms with Gasteiger partial charge in [-0.1, -0.05) is 51.4 Å². The fourth-order valence-corrected chi connectivity index (χ4v) is 2.38. The number of aliphatic carboxylic acids is 2. The minimum Gasteiger partial charge on any atom is -0.663 e. The number of carboxylic acids is 2. The molecule has 0 saturated heterocycles. The van der Waals surface area contributed by atoms with E-state index in [2.05, 4.69) is 0 Å². The predicted molar refractivity (Wildman–Crippen MR) is 66.3 cm³/mol. The quantitative estimate of drug-likeness (QED) is 0.759. The molecule has 0 atom stereocenters. The molecule has 0 unspecified atom stereocenters. The van der Waals surface area contributed by atoms with Gasteiger partial charge in [0.05, 0.1) is 0 Å². The summed E-state index contributed by atoms with van der Waals surface area (Å²) in [7, 11) is 0. The molecule has 2 aliphatic carbocycles. The molecule has 104 valence electrons. The fraction of sp³-hybridized carbons (Fsp3) is 0.833. The van der Waals surface area contributed by atoms with E-state index >= 15 is 0 Å². The second-order valence-corrected chi connectivity index (χ2v) is 5.19. The maximum absolute atomic E-state index is 10.3. The standard InChI is InChI=1S/2C6H10NO2.Zn/c2*7-6(5(8)9)3-1-2-4-6;/h2*7H,1-4H2,(H,8,9);/q2*-1;+2. The van der Waals surface area contributed by atoms with Gasteiger partial charge in [-0.3, -0.25) is 9.59 Å². The Morgan fingerprint density at radius 3 is 1.05 bits per heavy atom. The van der Waals surface area contributed by atoms with Crippen molar-refractivity contribution in [1.82, 2.24) is 0 Å². The smallest absolute Gasteiger partial charge is 0.663 e. The SMILES string of the molecule is [NH-]C1(C(=O)O)CCCC1.[NH-]C1(C(=O)O)CCCC1.[Zn+2]. The van der Waals surface area contributed by atoms with E-state index in [1.807, 2.05) is 0 Å². The van der Waals surface area contributed by atoms with Crippen molar-refractivity contribution < 1.29 is 39.3 Å². The van der Waals surface area contributed by atoms with Gasteiger partial charge in [-0.05, 0) is 11.1 Å². The minimum atomic E-state index is -1.14. The normalized spacial score (nSPS) is 22.8. The molecule has 2 rings (SSSR count). The Kier molecular flexibility index (Phi) is 7.12. The predicted octanol–water partition coefficient (Wildman–Crippen LogP) is 2.87. The number of rotatable bonds is 2. The van der Waals surface area contributed by atoms with E-state index in [0.29, 0.717) is 25.7 Å². The Balaban J connectivity index is 0.000000324. The molecule has 0 spiro atoms. The van der Waals surface area contributed by atoms with Crippen molar-refractivity contribution in [3.8, 4) is 0 Å². The summed E-state index contributed by atoms with van der Waals surface area (Å²) >= 11 is 0. The Morgan fingerprint density at radius 1 is 0.737 bits per heavy atom. The third-order valence-corrected chi connectivity index (χ3v) is 3.73. The first-order valence-corrected chi connectivity index (χ1v) is 6.27. The number of nitrogens with one attached hydrogen (secondary N) is 2. The zero-order valence-electron chi connectivity index (χ0n) is 11.1. The van der Waals surface area contributed by atoms with Gasteiger partial charge in [-0.25, -0.2) is 0 Å². The summed E-state index contributed by atoms with van der Waals surface area (Å²) in [6.07, 6.45) is 5.71. The maximum atomic E-state index is 10.3. The summed E-state index contributed by atoms with van der Waals surface area (Å²) < 4.78 is 0. The topological polar surface area (TPSA) is 122 Å². The molecule has 0 aliphatic heterocycles. The number of hydrogen-bond donors (Lipinski definition) is 2. The molecular formula is C12H20N2O4Zn. The van der Waals surface area contributed by atoms with Crippen LogP contribution < -0.4 is 0 Å². The molecule has 2 fully saturated rings. The Hall–Kier alpha value is -0.517. The van der Waals surface area contributed by atoms with Crippen LogP contribution in [0.3, 0.4) is 0 Å². The van der Waals surface area contributed by atoms with Crippen molar-refractivity contribution in [3.05, 3.63) is 11.5 Å². The van der Waals surface area contributed by atoms with Gasteiger partial charge in [-0.15, -0.1) is 0 Å². The van der Waals surface area contributed by atoms with Gasteiger partial charge < -0.3 is 21.7 Å². The summed E-state index contributed by atoms with van der Waals surface area (Å²) in [4.78, 5) is 20.7. The van der Waals surface area contributed by atoms with Crippen LogP contribution in [0.15, 0.2) is 0 Å². The summed E-state index contributed by atoms with van der Waals surface area (Å²) in [5.41, 5.74) is 12.4. The van der Waals surface area contributed by atoms with Crippen molar-refractivity contribution >= 4 is 11.9 Å². The zero-order chi connectivity index (χ0) is 13.8. The third kappa shape index (κ3) is 4.82. The number of carboxylic acid groups (broad SMARTS) is 2. The van der Waals surface area contributed by atoms with E-state index in [4.69, 9.17) is 21.7 Å². The van der Waals surface area contributed by atoms with E-state index in [-0.39, 0.29) is 19.5 Å². The number of carbonyl (C=O) groups is 2.